The second-order valence-corrected chi connectivity index (χ2v) is 18.4. The third-order valence-electron chi connectivity index (χ3n) is 14.4. The van der Waals surface area contributed by atoms with Crippen LogP contribution >= 0.6 is 0 Å². The fourth-order valence-electron chi connectivity index (χ4n) is 11.1. The molecule has 3 nitrogen and oxygen atoms in total. The number of benzene rings is 12. The topological polar surface area (TPSA) is 21.3 Å². The molecule has 14 rings (SSSR count). The zero-order valence-corrected chi connectivity index (χ0v) is 38.7. The average Bonchev–Trinajstić information content (AvgIpc) is 4.00. The first kappa shape index (κ1) is 40.6. The van der Waals surface area contributed by atoms with Gasteiger partial charge in [-0.05, 0) is 122 Å². The van der Waals surface area contributed by atoms with Crippen molar-refractivity contribution in [1.29, 1.82) is 0 Å². The maximum absolute atomic E-state index is 6.58. The zero-order chi connectivity index (χ0) is 46.8. The third-order valence-corrected chi connectivity index (χ3v) is 14.4. The molecule has 0 aliphatic heterocycles. The molecule has 0 unspecified atom stereocenters. The summed E-state index contributed by atoms with van der Waals surface area (Å²) in [6.45, 7) is 0. The van der Waals surface area contributed by atoms with Crippen LogP contribution in [0.15, 0.2) is 271 Å². The minimum absolute atomic E-state index is 0.892. The van der Waals surface area contributed by atoms with Gasteiger partial charge in [-0.3, -0.25) is 0 Å². The molecule has 0 bridgehead atoms. The Bertz CT molecular complexity index is 4280. The van der Waals surface area contributed by atoms with Crippen molar-refractivity contribution >= 4 is 82.4 Å². The van der Waals surface area contributed by atoms with E-state index in [1.54, 1.807) is 0 Å². The Morgan fingerprint density at radius 3 is 1.56 bits per heavy atom. The van der Waals surface area contributed by atoms with Gasteiger partial charge in [-0.15, -0.1) is 0 Å². The van der Waals surface area contributed by atoms with E-state index in [2.05, 4.69) is 270 Å². The van der Waals surface area contributed by atoms with Gasteiger partial charge < -0.3 is 13.9 Å². The number of hydrogen-bond acceptors (Lipinski definition) is 2. The van der Waals surface area contributed by atoms with Crippen molar-refractivity contribution in [2.75, 3.05) is 4.90 Å². The van der Waals surface area contributed by atoms with Crippen LogP contribution in [0, 0.1) is 0 Å². The SMILES string of the molecule is c1ccc(-c2ccc(-c3ccc(N(c4ccc(-c5cc6ccccc6c6ccccc56)cc4)c4cccc(-c5cccc6c5oc5ccccc56)c4)cc3)c(-n3c4ccccc4c4ccccc43)c2)cc1. The lowest BCUT2D eigenvalue weighted by Gasteiger charge is -2.27. The molecule has 0 spiro atoms. The highest BCUT2D eigenvalue weighted by Gasteiger charge is 2.20. The minimum Gasteiger partial charge on any atom is -0.455 e. The van der Waals surface area contributed by atoms with Gasteiger partial charge in [-0.25, -0.2) is 0 Å². The highest BCUT2D eigenvalue weighted by atomic mass is 16.3. The van der Waals surface area contributed by atoms with Crippen molar-refractivity contribution in [2.45, 2.75) is 0 Å². The molecule has 0 amide bonds. The van der Waals surface area contributed by atoms with Crippen molar-refractivity contribution in [1.82, 2.24) is 4.57 Å². The Morgan fingerprint density at radius 1 is 0.282 bits per heavy atom. The minimum atomic E-state index is 0.892. The molecule has 0 saturated heterocycles. The summed E-state index contributed by atoms with van der Waals surface area (Å²) in [5, 5.41) is 9.73. The van der Waals surface area contributed by atoms with Gasteiger partial charge in [0.25, 0.3) is 0 Å². The summed E-state index contributed by atoms with van der Waals surface area (Å²) in [6, 6.07) is 96.7. The normalized spacial score (nSPS) is 11.7. The van der Waals surface area contributed by atoms with Crippen molar-refractivity contribution < 1.29 is 4.42 Å². The summed E-state index contributed by atoms with van der Waals surface area (Å²) in [5.41, 5.74) is 17.6. The molecule has 71 heavy (non-hydrogen) atoms. The predicted molar refractivity (Wildman–Crippen MR) is 299 cm³/mol. The van der Waals surface area contributed by atoms with Gasteiger partial charge >= 0.3 is 0 Å². The van der Waals surface area contributed by atoms with Gasteiger partial charge in [0.05, 0.1) is 16.7 Å². The molecule has 0 atom stereocenters. The van der Waals surface area contributed by atoms with E-state index in [4.69, 9.17) is 4.42 Å². The Hall–Kier alpha value is -9.44. The van der Waals surface area contributed by atoms with Crippen LogP contribution in [-0.4, -0.2) is 4.57 Å². The monoisotopic (exact) mass is 904 g/mol. The van der Waals surface area contributed by atoms with Crippen LogP contribution in [0.5, 0.6) is 0 Å². The lowest BCUT2D eigenvalue weighted by Crippen LogP contribution is -2.10. The Balaban J connectivity index is 0.924. The van der Waals surface area contributed by atoms with Gasteiger partial charge in [0.1, 0.15) is 11.2 Å². The second-order valence-electron chi connectivity index (χ2n) is 18.4. The maximum Gasteiger partial charge on any atom is 0.143 e. The molecule has 0 aliphatic rings. The smallest absolute Gasteiger partial charge is 0.143 e. The number of nitrogens with zero attached hydrogens (tertiary/aromatic N) is 2. The number of para-hydroxylation sites is 4. The van der Waals surface area contributed by atoms with Crippen molar-refractivity contribution in [3.8, 4) is 50.2 Å². The van der Waals surface area contributed by atoms with Crippen LogP contribution in [0.3, 0.4) is 0 Å². The third kappa shape index (κ3) is 6.82. The lowest BCUT2D eigenvalue weighted by atomic mass is 9.93. The van der Waals surface area contributed by atoms with Crippen molar-refractivity contribution in [2.24, 2.45) is 0 Å². The number of furan rings is 1. The first-order valence-corrected chi connectivity index (χ1v) is 24.3. The van der Waals surface area contributed by atoms with E-state index in [1.807, 2.05) is 6.07 Å². The zero-order valence-electron chi connectivity index (χ0n) is 38.7. The predicted octanol–water partition coefficient (Wildman–Crippen LogP) is 19.1. The number of anilines is 3. The molecular formula is C68H44N2O. The molecule has 0 fully saturated rings. The van der Waals surface area contributed by atoms with E-state index in [0.717, 1.165) is 66.9 Å². The molecular weight excluding hydrogens is 861 g/mol. The molecule has 0 saturated carbocycles. The number of rotatable bonds is 8. The van der Waals surface area contributed by atoms with Gasteiger partial charge in [0, 0.05) is 49.7 Å². The van der Waals surface area contributed by atoms with E-state index >= 15 is 0 Å². The van der Waals surface area contributed by atoms with Gasteiger partial charge in [0.2, 0.25) is 0 Å². The molecule has 3 heteroatoms. The number of fused-ring (bicyclic) bond motifs is 9. The van der Waals surface area contributed by atoms with E-state index < -0.39 is 0 Å². The summed E-state index contributed by atoms with van der Waals surface area (Å²) in [6.07, 6.45) is 0. The van der Waals surface area contributed by atoms with Gasteiger partial charge in [0.15, 0.2) is 0 Å². The van der Waals surface area contributed by atoms with Gasteiger partial charge in [-0.2, -0.15) is 0 Å². The Kier molecular flexibility index (Phi) is 9.53. The molecule has 332 valence electrons. The fraction of sp³-hybridized carbons (Fsp3) is 0. The molecule has 12 aromatic carbocycles. The van der Waals surface area contributed by atoms with E-state index in [-0.39, 0.29) is 0 Å². The van der Waals surface area contributed by atoms with Crippen molar-refractivity contribution in [3.63, 3.8) is 0 Å². The largest absolute Gasteiger partial charge is 0.455 e. The van der Waals surface area contributed by atoms with E-state index in [0.29, 0.717) is 0 Å². The highest BCUT2D eigenvalue weighted by Crippen LogP contribution is 2.44. The van der Waals surface area contributed by atoms with Gasteiger partial charge in [-0.1, -0.05) is 200 Å². The van der Waals surface area contributed by atoms with Crippen molar-refractivity contribution in [3.05, 3.63) is 267 Å². The second kappa shape index (κ2) is 16.7. The van der Waals surface area contributed by atoms with Crippen LogP contribution in [0.2, 0.25) is 0 Å². The molecule has 0 radical (unpaired) electrons. The quantitative estimate of drug-likeness (QED) is 0.142. The first-order chi connectivity index (χ1) is 35.2. The number of hydrogen-bond donors (Lipinski definition) is 0. The molecule has 2 heterocycles. The maximum atomic E-state index is 6.58. The molecule has 2 aromatic heterocycles. The molecule has 0 aliphatic carbocycles. The Labute approximate surface area is 411 Å². The summed E-state index contributed by atoms with van der Waals surface area (Å²) in [4.78, 5) is 2.38. The molecule has 0 N–H and O–H groups in total. The molecule has 14 aromatic rings. The van der Waals surface area contributed by atoms with Crippen LogP contribution in [0.4, 0.5) is 17.1 Å². The summed E-state index contributed by atoms with van der Waals surface area (Å²) < 4.78 is 9.02. The first-order valence-electron chi connectivity index (χ1n) is 24.3. The van der Waals surface area contributed by atoms with Crippen LogP contribution in [0.25, 0.3) is 115 Å². The standard InChI is InChI=1S/C68H44N2O/c1-2-16-45(17-3-1)48-36-41-55(66(44-48)70-64-29-11-8-24-59(64)60-25-9-12-30-65(60)70)46-32-37-51(38-33-46)69(53-20-14-19-49(42-53)56-27-15-28-62-61-26-10-13-31-67(61)71-68(56)62)52-39-34-47(35-40-52)63-43-50-18-4-5-21-54(50)57-22-6-7-23-58(57)63/h1-44H. The fourth-order valence-corrected chi connectivity index (χ4v) is 11.1. The summed E-state index contributed by atoms with van der Waals surface area (Å²) >= 11 is 0. The van der Waals surface area contributed by atoms with Crippen LogP contribution < -0.4 is 4.90 Å². The highest BCUT2D eigenvalue weighted by molar-refractivity contribution is 6.14. The average molecular weight is 905 g/mol. The van der Waals surface area contributed by atoms with Crippen LogP contribution in [-0.2, 0) is 0 Å². The van der Waals surface area contributed by atoms with Crippen LogP contribution in [0.1, 0.15) is 0 Å². The Morgan fingerprint density at radius 2 is 0.831 bits per heavy atom. The number of aromatic nitrogens is 1. The summed E-state index contributed by atoms with van der Waals surface area (Å²) in [5.74, 6) is 0. The van der Waals surface area contributed by atoms with E-state index in [1.165, 1.54) is 65.6 Å². The lowest BCUT2D eigenvalue weighted by molar-refractivity contribution is 0.670. The summed E-state index contributed by atoms with van der Waals surface area (Å²) in [7, 11) is 0. The van der Waals surface area contributed by atoms with E-state index in [9.17, 15) is 0 Å².